The highest BCUT2D eigenvalue weighted by atomic mass is 35.5. The molecule has 0 heterocycles. The number of rotatable bonds is 8. The highest BCUT2D eigenvalue weighted by Gasteiger charge is 2.23. The Bertz CT molecular complexity index is 1340. The topological polar surface area (TPSA) is 62.4 Å². The Kier molecular flexibility index (Phi) is 8.84. The van der Waals surface area contributed by atoms with Crippen molar-refractivity contribution < 1.29 is 9.53 Å². The van der Waals surface area contributed by atoms with Gasteiger partial charge in [-0.1, -0.05) is 66.2 Å². The predicted octanol–water partition coefficient (Wildman–Crippen LogP) is 7.63. The molecule has 0 aromatic heterocycles. The third kappa shape index (κ3) is 7.01. The number of anilines is 3. The van der Waals surface area contributed by atoms with Crippen molar-refractivity contribution in [3.8, 4) is 5.75 Å². The van der Waals surface area contributed by atoms with Gasteiger partial charge in [0.05, 0.1) is 12.8 Å². The second-order valence-electron chi connectivity index (χ2n) is 7.72. The Morgan fingerprint density at radius 3 is 2.22 bits per heavy atom. The van der Waals surface area contributed by atoms with Gasteiger partial charge in [-0.25, -0.2) is 0 Å². The van der Waals surface area contributed by atoms with Crippen LogP contribution in [0.4, 0.5) is 17.1 Å². The van der Waals surface area contributed by atoms with Crippen LogP contribution in [-0.4, -0.2) is 18.1 Å². The number of halogens is 1. The lowest BCUT2D eigenvalue weighted by molar-refractivity contribution is -0.115. The molecule has 5 nitrogen and oxygen atoms in total. The largest absolute Gasteiger partial charge is 0.495 e. The number of para-hydroxylation sites is 1. The third-order valence-electron chi connectivity index (χ3n) is 5.14. The van der Waals surface area contributed by atoms with Crippen molar-refractivity contribution in [3.63, 3.8) is 0 Å². The summed E-state index contributed by atoms with van der Waals surface area (Å²) in [5.74, 6) is 0.349. The van der Waals surface area contributed by atoms with E-state index in [1.54, 1.807) is 25.3 Å². The van der Waals surface area contributed by atoms with Gasteiger partial charge in [0.15, 0.2) is 5.11 Å². The lowest BCUT2D eigenvalue weighted by Crippen LogP contribution is -2.20. The Balaban J connectivity index is 1.53. The van der Waals surface area contributed by atoms with Gasteiger partial charge in [-0.2, -0.15) is 0 Å². The third-order valence-corrected chi connectivity index (χ3v) is 6.82. The van der Waals surface area contributed by atoms with Crippen LogP contribution in [0.2, 0.25) is 5.02 Å². The van der Waals surface area contributed by atoms with E-state index in [0.29, 0.717) is 21.6 Å². The maximum Gasteiger partial charge on any atom is 0.242 e. The fourth-order valence-electron chi connectivity index (χ4n) is 3.48. The number of ether oxygens (including phenoxy) is 1. The summed E-state index contributed by atoms with van der Waals surface area (Å²) in [4.78, 5) is 14.4. The number of amides is 1. The van der Waals surface area contributed by atoms with Crippen LogP contribution in [0.3, 0.4) is 0 Å². The van der Waals surface area contributed by atoms with Gasteiger partial charge in [-0.05, 0) is 66.3 Å². The van der Waals surface area contributed by atoms with Crippen molar-refractivity contribution in [1.29, 1.82) is 0 Å². The first-order valence-corrected chi connectivity index (χ1v) is 12.8. The summed E-state index contributed by atoms with van der Waals surface area (Å²) in [5, 5.41) is 9.83. The van der Waals surface area contributed by atoms with E-state index in [9.17, 15) is 4.79 Å². The van der Waals surface area contributed by atoms with Crippen LogP contribution in [0.5, 0.6) is 5.75 Å². The average molecular weight is 534 g/mol. The molecule has 4 aromatic rings. The number of hydrogen-bond donors (Lipinski definition) is 3. The molecule has 0 radical (unpaired) electrons. The zero-order valence-corrected chi connectivity index (χ0v) is 21.8. The van der Waals surface area contributed by atoms with Gasteiger partial charge in [-0.15, -0.1) is 11.8 Å². The average Bonchev–Trinajstić information content (AvgIpc) is 2.88. The highest BCUT2D eigenvalue weighted by Crippen LogP contribution is 2.38. The van der Waals surface area contributed by atoms with E-state index in [2.05, 4.69) is 16.0 Å². The van der Waals surface area contributed by atoms with Gasteiger partial charge in [-0.3, -0.25) is 4.79 Å². The molecular formula is C28H24ClN3O2S2. The monoisotopic (exact) mass is 533 g/mol. The summed E-state index contributed by atoms with van der Waals surface area (Å²) in [6.45, 7) is 0. The first kappa shape index (κ1) is 25.6. The van der Waals surface area contributed by atoms with E-state index in [1.165, 1.54) is 11.8 Å². The van der Waals surface area contributed by atoms with Crippen LogP contribution in [0.25, 0.3) is 0 Å². The van der Waals surface area contributed by atoms with E-state index in [0.717, 1.165) is 21.8 Å². The number of benzene rings is 4. The van der Waals surface area contributed by atoms with E-state index >= 15 is 0 Å². The molecule has 4 rings (SSSR count). The predicted molar refractivity (Wildman–Crippen MR) is 154 cm³/mol. The lowest BCUT2D eigenvalue weighted by atomic mass is 10.1. The normalized spacial score (nSPS) is 11.3. The first-order valence-electron chi connectivity index (χ1n) is 11.1. The molecule has 1 amide bonds. The first-order chi connectivity index (χ1) is 17.5. The van der Waals surface area contributed by atoms with E-state index in [4.69, 9.17) is 28.6 Å². The number of nitrogens with one attached hydrogen (secondary N) is 3. The minimum Gasteiger partial charge on any atom is -0.495 e. The van der Waals surface area contributed by atoms with Crippen molar-refractivity contribution in [3.05, 3.63) is 114 Å². The second kappa shape index (κ2) is 12.4. The maximum absolute atomic E-state index is 13.5. The summed E-state index contributed by atoms with van der Waals surface area (Å²) >= 11 is 13.1. The van der Waals surface area contributed by atoms with Crippen molar-refractivity contribution in [2.45, 2.75) is 10.1 Å². The molecular weight excluding hydrogens is 510 g/mol. The molecule has 0 aliphatic rings. The number of thiocarbonyl (C=S) groups is 1. The summed E-state index contributed by atoms with van der Waals surface area (Å²) < 4.78 is 5.39. The molecule has 4 aromatic carbocycles. The molecule has 0 saturated carbocycles. The Labute approximate surface area is 225 Å². The molecule has 0 aliphatic heterocycles. The van der Waals surface area contributed by atoms with Gasteiger partial charge in [0.1, 0.15) is 11.0 Å². The van der Waals surface area contributed by atoms with Gasteiger partial charge in [0.2, 0.25) is 5.91 Å². The van der Waals surface area contributed by atoms with Crippen LogP contribution >= 0.6 is 35.6 Å². The molecule has 36 heavy (non-hydrogen) atoms. The van der Waals surface area contributed by atoms with Crippen molar-refractivity contribution in [1.82, 2.24) is 0 Å². The van der Waals surface area contributed by atoms with Crippen molar-refractivity contribution >= 4 is 63.7 Å². The number of carbonyl (C=O) groups is 1. The summed E-state index contributed by atoms with van der Waals surface area (Å²) in [5.41, 5.74) is 3.11. The number of methoxy groups -OCH3 is 1. The standard InChI is InChI=1S/C28H24ClN3O2S2/c1-34-25-16-15-20(29)17-24(25)32-27(33)26(19-9-4-2-5-10-19)36-23-14-8-13-22(18-23)31-28(35)30-21-11-6-3-7-12-21/h2-18,26H,1H3,(H,32,33)(H2,30,31,35). The van der Waals surface area contributed by atoms with E-state index in [-0.39, 0.29) is 5.91 Å². The second-order valence-corrected chi connectivity index (χ2v) is 9.74. The highest BCUT2D eigenvalue weighted by molar-refractivity contribution is 8.00. The van der Waals surface area contributed by atoms with Crippen molar-refractivity contribution in [2.24, 2.45) is 0 Å². The smallest absolute Gasteiger partial charge is 0.242 e. The molecule has 8 heteroatoms. The molecule has 182 valence electrons. The van der Waals surface area contributed by atoms with E-state index in [1.807, 2.05) is 84.9 Å². The lowest BCUT2D eigenvalue weighted by Gasteiger charge is -2.19. The van der Waals surface area contributed by atoms with Crippen LogP contribution in [0, 0.1) is 0 Å². The fraction of sp³-hybridized carbons (Fsp3) is 0.0714. The molecule has 0 aliphatic carbocycles. The Hall–Kier alpha value is -3.52. The fourth-order valence-corrected chi connectivity index (χ4v) is 4.97. The molecule has 0 fully saturated rings. The maximum atomic E-state index is 13.5. The van der Waals surface area contributed by atoms with Gasteiger partial charge < -0.3 is 20.7 Å². The number of hydrogen-bond acceptors (Lipinski definition) is 4. The van der Waals surface area contributed by atoms with Crippen LogP contribution < -0.4 is 20.7 Å². The number of carbonyl (C=O) groups excluding carboxylic acids is 1. The zero-order valence-electron chi connectivity index (χ0n) is 19.4. The summed E-state index contributed by atoms with van der Waals surface area (Å²) in [7, 11) is 1.55. The van der Waals surface area contributed by atoms with Gasteiger partial charge in [0, 0.05) is 21.3 Å². The Morgan fingerprint density at radius 2 is 1.50 bits per heavy atom. The molecule has 0 spiro atoms. The minimum absolute atomic E-state index is 0.189. The minimum atomic E-state index is -0.514. The van der Waals surface area contributed by atoms with Gasteiger partial charge >= 0.3 is 0 Å². The van der Waals surface area contributed by atoms with Gasteiger partial charge in [0.25, 0.3) is 0 Å². The number of thioether (sulfide) groups is 1. The molecule has 0 saturated heterocycles. The van der Waals surface area contributed by atoms with E-state index < -0.39 is 5.25 Å². The Morgan fingerprint density at radius 1 is 0.833 bits per heavy atom. The van der Waals surface area contributed by atoms with Crippen LogP contribution in [-0.2, 0) is 4.79 Å². The summed E-state index contributed by atoms with van der Waals surface area (Å²) in [6.07, 6.45) is 0. The molecule has 0 bridgehead atoms. The van der Waals surface area contributed by atoms with Crippen molar-refractivity contribution in [2.75, 3.05) is 23.1 Å². The van der Waals surface area contributed by atoms with Crippen LogP contribution in [0.15, 0.2) is 108 Å². The molecule has 1 atom stereocenters. The molecule has 3 N–H and O–H groups in total. The summed E-state index contributed by atoms with van der Waals surface area (Å²) in [6, 6.07) is 32.3. The quantitative estimate of drug-likeness (QED) is 0.160. The SMILES string of the molecule is COc1ccc(Cl)cc1NC(=O)C(Sc1cccc(NC(=S)Nc2ccccc2)c1)c1ccccc1. The zero-order chi connectivity index (χ0) is 25.3. The molecule has 1 unspecified atom stereocenters. The van der Waals surface area contributed by atoms with Crippen LogP contribution in [0.1, 0.15) is 10.8 Å².